The Kier molecular flexibility index (Phi) is 4.71. The van der Waals surface area contributed by atoms with Gasteiger partial charge in [0.05, 0.1) is 7.11 Å². The highest BCUT2D eigenvalue weighted by molar-refractivity contribution is 7.09. The fourth-order valence-electron chi connectivity index (χ4n) is 1.92. The van der Waals surface area contributed by atoms with Gasteiger partial charge < -0.3 is 4.74 Å². The van der Waals surface area contributed by atoms with Crippen molar-refractivity contribution in [3.63, 3.8) is 0 Å². The third kappa shape index (κ3) is 3.66. The molecule has 3 nitrogen and oxygen atoms in total. The number of nitrogens with one attached hydrogen (secondary N) is 1. The fourth-order valence-corrected chi connectivity index (χ4v) is 2.58. The van der Waals surface area contributed by atoms with Crippen LogP contribution in [0, 0.1) is 6.92 Å². The first kappa shape index (κ1) is 13.8. The molecule has 1 N–H and O–H groups in total. The Hall–Kier alpha value is -1.65. The second-order valence-corrected chi connectivity index (χ2v) is 5.36. The molecule has 1 heterocycles. The van der Waals surface area contributed by atoms with Crippen molar-refractivity contribution in [3.8, 4) is 0 Å². The van der Waals surface area contributed by atoms with Gasteiger partial charge in [-0.2, -0.15) is 0 Å². The number of rotatable bonds is 5. The number of ether oxygens (including phenoxy) is 1. The molecule has 0 fully saturated rings. The molecular formula is C15H17NO2S. The van der Waals surface area contributed by atoms with E-state index >= 15 is 0 Å². The molecule has 0 amide bonds. The number of hydrogen-bond donors (Lipinski definition) is 1. The van der Waals surface area contributed by atoms with Gasteiger partial charge in [0.1, 0.15) is 6.04 Å². The third-order valence-corrected chi connectivity index (χ3v) is 3.75. The third-order valence-electron chi connectivity index (χ3n) is 2.87. The minimum absolute atomic E-state index is 0.262. The minimum Gasteiger partial charge on any atom is -0.468 e. The topological polar surface area (TPSA) is 38.3 Å². The lowest BCUT2D eigenvalue weighted by Crippen LogP contribution is -2.29. The Labute approximate surface area is 117 Å². The average Bonchev–Trinajstić information content (AvgIpc) is 2.92. The Morgan fingerprint density at radius 2 is 2.21 bits per heavy atom. The lowest BCUT2D eigenvalue weighted by molar-refractivity contribution is -0.143. The number of carbonyl (C=O) groups is 1. The molecule has 100 valence electrons. The van der Waals surface area contributed by atoms with Crippen molar-refractivity contribution in [3.05, 3.63) is 57.8 Å². The van der Waals surface area contributed by atoms with Crippen LogP contribution in [0.4, 0.5) is 0 Å². The van der Waals surface area contributed by atoms with Crippen molar-refractivity contribution in [1.82, 2.24) is 5.32 Å². The molecule has 4 heteroatoms. The van der Waals surface area contributed by atoms with Crippen LogP contribution in [0.25, 0.3) is 0 Å². The maximum atomic E-state index is 11.9. The number of methoxy groups -OCH3 is 1. The van der Waals surface area contributed by atoms with E-state index < -0.39 is 6.04 Å². The molecule has 0 saturated carbocycles. The summed E-state index contributed by atoms with van der Waals surface area (Å²) in [6.07, 6.45) is 0. The highest BCUT2D eigenvalue weighted by Gasteiger charge is 2.20. The predicted molar refractivity (Wildman–Crippen MR) is 77.1 cm³/mol. The van der Waals surface area contributed by atoms with Crippen LogP contribution in [0.3, 0.4) is 0 Å². The summed E-state index contributed by atoms with van der Waals surface area (Å²) in [6, 6.07) is 11.5. The van der Waals surface area contributed by atoms with Crippen LogP contribution < -0.4 is 5.32 Å². The lowest BCUT2D eigenvalue weighted by Gasteiger charge is -2.17. The molecule has 2 rings (SSSR count). The van der Waals surface area contributed by atoms with Crippen LogP contribution in [-0.4, -0.2) is 13.1 Å². The standard InChI is InChI=1S/C15H17NO2S/c1-11-5-3-6-12(9-11)14(15(17)18-2)16-10-13-7-4-8-19-13/h3-9,14,16H,10H2,1-2H3. The molecule has 0 aliphatic carbocycles. The van der Waals surface area contributed by atoms with E-state index in [1.54, 1.807) is 11.3 Å². The van der Waals surface area contributed by atoms with Crippen molar-refractivity contribution in [2.24, 2.45) is 0 Å². The van der Waals surface area contributed by atoms with E-state index in [1.807, 2.05) is 48.7 Å². The molecule has 1 aromatic carbocycles. The van der Waals surface area contributed by atoms with Gasteiger partial charge in [0.2, 0.25) is 0 Å². The summed E-state index contributed by atoms with van der Waals surface area (Å²) < 4.78 is 4.88. The van der Waals surface area contributed by atoms with Crippen molar-refractivity contribution in [1.29, 1.82) is 0 Å². The fraction of sp³-hybridized carbons (Fsp3) is 0.267. The van der Waals surface area contributed by atoms with Gasteiger partial charge in [0, 0.05) is 11.4 Å². The van der Waals surface area contributed by atoms with E-state index in [4.69, 9.17) is 4.74 Å². The molecule has 0 spiro atoms. The number of thiophene rings is 1. The average molecular weight is 275 g/mol. The smallest absolute Gasteiger partial charge is 0.327 e. The van der Waals surface area contributed by atoms with Crippen molar-refractivity contribution in [2.75, 3.05) is 7.11 Å². The van der Waals surface area contributed by atoms with Gasteiger partial charge in [0.25, 0.3) is 0 Å². The largest absolute Gasteiger partial charge is 0.468 e. The van der Waals surface area contributed by atoms with E-state index in [0.29, 0.717) is 6.54 Å². The zero-order chi connectivity index (χ0) is 13.7. The van der Waals surface area contributed by atoms with E-state index in [9.17, 15) is 4.79 Å². The van der Waals surface area contributed by atoms with Crippen LogP contribution in [0.15, 0.2) is 41.8 Å². The lowest BCUT2D eigenvalue weighted by atomic mass is 10.0. The van der Waals surface area contributed by atoms with Gasteiger partial charge >= 0.3 is 5.97 Å². The Morgan fingerprint density at radius 1 is 1.37 bits per heavy atom. The number of benzene rings is 1. The first-order valence-corrected chi connectivity index (χ1v) is 6.99. The molecule has 1 atom stereocenters. The summed E-state index contributed by atoms with van der Waals surface area (Å²) in [6.45, 7) is 2.67. The normalized spacial score (nSPS) is 12.1. The maximum absolute atomic E-state index is 11.9. The predicted octanol–water partition coefficient (Wildman–Crippen LogP) is 3.06. The highest BCUT2D eigenvalue weighted by atomic mass is 32.1. The first-order valence-electron chi connectivity index (χ1n) is 6.11. The van der Waals surface area contributed by atoms with Crippen LogP contribution in [0.2, 0.25) is 0 Å². The van der Waals surface area contributed by atoms with Gasteiger partial charge in [-0.25, -0.2) is 4.79 Å². The number of carbonyl (C=O) groups excluding carboxylic acids is 1. The summed E-state index contributed by atoms with van der Waals surface area (Å²) in [5, 5.41) is 5.28. The number of aryl methyl sites for hydroxylation is 1. The van der Waals surface area contributed by atoms with Gasteiger partial charge in [-0.1, -0.05) is 35.9 Å². The van der Waals surface area contributed by atoms with Gasteiger partial charge in [-0.05, 0) is 23.9 Å². The van der Waals surface area contributed by atoms with Crippen LogP contribution >= 0.6 is 11.3 Å². The molecular weight excluding hydrogens is 258 g/mol. The molecule has 19 heavy (non-hydrogen) atoms. The van der Waals surface area contributed by atoms with E-state index in [1.165, 1.54) is 12.0 Å². The van der Waals surface area contributed by atoms with Gasteiger partial charge in [-0.3, -0.25) is 5.32 Å². The molecule has 2 aromatic rings. The minimum atomic E-state index is -0.424. The van der Waals surface area contributed by atoms with Crippen LogP contribution in [0.1, 0.15) is 22.0 Å². The molecule has 0 radical (unpaired) electrons. The summed E-state index contributed by atoms with van der Waals surface area (Å²) >= 11 is 1.67. The quantitative estimate of drug-likeness (QED) is 0.852. The molecule has 1 unspecified atom stereocenters. The summed E-state index contributed by atoms with van der Waals surface area (Å²) in [5.41, 5.74) is 2.06. The van der Waals surface area contributed by atoms with Crippen molar-refractivity contribution >= 4 is 17.3 Å². The van der Waals surface area contributed by atoms with Gasteiger partial charge in [-0.15, -0.1) is 11.3 Å². The van der Waals surface area contributed by atoms with Crippen molar-refractivity contribution < 1.29 is 9.53 Å². The maximum Gasteiger partial charge on any atom is 0.327 e. The summed E-state index contributed by atoms with van der Waals surface area (Å²) in [4.78, 5) is 13.1. The summed E-state index contributed by atoms with van der Waals surface area (Å²) in [5.74, 6) is -0.262. The van der Waals surface area contributed by atoms with Crippen molar-refractivity contribution in [2.45, 2.75) is 19.5 Å². The Morgan fingerprint density at radius 3 is 2.84 bits per heavy atom. The van der Waals surface area contributed by atoms with E-state index in [-0.39, 0.29) is 5.97 Å². The number of esters is 1. The molecule has 0 saturated heterocycles. The highest BCUT2D eigenvalue weighted by Crippen LogP contribution is 2.18. The zero-order valence-electron chi connectivity index (χ0n) is 11.1. The Bertz CT molecular complexity index is 537. The second-order valence-electron chi connectivity index (χ2n) is 4.33. The number of hydrogen-bond acceptors (Lipinski definition) is 4. The molecule has 0 aliphatic heterocycles. The SMILES string of the molecule is COC(=O)C(NCc1cccs1)c1cccc(C)c1. The first-order chi connectivity index (χ1) is 9.20. The monoisotopic (exact) mass is 275 g/mol. The second kappa shape index (κ2) is 6.50. The van der Waals surface area contributed by atoms with E-state index in [2.05, 4.69) is 5.32 Å². The zero-order valence-corrected chi connectivity index (χ0v) is 11.9. The molecule has 1 aromatic heterocycles. The van der Waals surface area contributed by atoms with E-state index in [0.717, 1.165) is 11.1 Å². The molecule has 0 bridgehead atoms. The van der Waals surface area contributed by atoms with Crippen LogP contribution in [-0.2, 0) is 16.1 Å². The molecule has 0 aliphatic rings. The van der Waals surface area contributed by atoms with Crippen LogP contribution in [0.5, 0.6) is 0 Å². The summed E-state index contributed by atoms with van der Waals surface area (Å²) in [7, 11) is 1.41. The Balaban J connectivity index is 2.14. The van der Waals surface area contributed by atoms with Gasteiger partial charge in [0.15, 0.2) is 0 Å².